The van der Waals surface area contributed by atoms with Crippen molar-refractivity contribution in [2.24, 2.45) is 0 Å². The normalized spacial score (nSPS) is 10.7. The number of benzene rings is 3. The molecule has 0 fully saturated rings. The third-order valence-corrected chi connectivity index (χ3v) is 4.19. The molecule has 0 radical (unpaired) electrons. The van der Waals surface area contributed by atoms with Gasteiger partial charge in [-0.1, -0.05) is 60.7 Å². The molecule has 0 aromatic heterocycles. The summed E-state index contributed by atoms with van der Waals surface area (Å²) >= 11 is 0. The van der Waals surface area contributed by atoms with Gasteiger partial charge in [-0.2, -0.15) is 0 Å². The summed E-state index contributed by atoms with van der Waals surface area (Å²) in [7, 11) is 0. The summed E-state index contributed by atoms with van der Waals surface area (Å²) in [6, 6.07) is 22.9. The van der Waals surface area contributed by atoms with Crippen molar-refractivity contribution in [2.75, 3.05) is 4.90 Å². The maximum absolute atomic E-state index is 12.9. The second-order valence-electron chi connectivity index (χ2n) is 6.16. The van der Waals surface area contributed by atoms with Gasteiger partial charge in [0.15, 0.2) is 0 Å². The van der Waals surface area contributed by atoms with Gasteiger partial charge in [-0.3, -0.25) is 4.79 Å². The average molecular weight is 373 g/mol. The van der Waals surface area contributed by atoms with Gasteiger partial charge in [0.1, 0.15) is 11.3 Å². The van der Waals surface area contributed by atoms with Crippen LogP contribution in [-0.2, 0) is 11.3 Å². The number of aromatic carboxylic acids is 1. The average Bonchev–Trinajstić information content (AvgIpc) is 2.72. The summed E-state index contributed by atoms with van der Waals surface area (Å²) in [5.74, 6) is -1.90. The SMILES string of the molecule is O=C(O)c1cc(N(Cc2ccccc2)C(=O)C=Cc2ccccc2)ccc1O. The van der Waals surface area contributed by atoms with Gasteiger partial charge >= 0.3 is 5.97 Å². The van der Waals surface area contributed by atoms with Crippen molar-refractivity contribution in [3.8, 4) is 5.75 Å². The van der Waals surface area contributed by atoms with Crippen LogP contribution in [0, 0.1) is 0 Å². The van der Waals surface area contributed by atoms with Crippen LogP contribution >= 0.6 is 0 Å². The van der Waals surface area contributed by atoms with Crippen molar-refractivity contribution in [3.05, 3.63) is 102 Å². The van der Waals surface area contributed by atoms with Crippen molar-refractivity contribution < 1.29 is 19.8 Å². The van der Waals surface area contributed by atoms with E-state index in [1.165, 1.54) is 29.2 Å². The molecule has 0 aliphatic carbocycles. The van der Waals surface area contributed by atoms with Gasteiger partial charge in [0.05, 0.1) is 6.54 Å². The Kier molecular flexibility index (Phi) is 5.87. The summed E-state index contributed by atoms with van der Waals surface area (Å²) in [6.45, 7) is 0.267. The molecular weight excluding hydrogens is 354 g/mol. The lowest BCUT2D eigenvalue weighted by atomic mass is 10.1. The number of carbonyl (C=O) groups is 2. The molecular formula is C23H19NO4. The highest BCUT2D eigenvalue weighted by molar-refractivity contribution is 6.04. The van der Waals surface area contributed by atoms with Crippen LogP contribution in [0.2, 0.25) is 0 Å². The molecule has 3 aromatic rings. The molecule has 0 heterocycles. The molecule has 5 heteroatoms. The van der Waals surface area contributed by atoms with Crippen molar-refractivity contribution in [3.63, 3.8) is 0 Å². The second-order valence-corrected chi connectivity index (χ2v) is 6.16. The third kappa shape index (κ3) is 4.65. The van der Waals surface area contributed by atoms with Gasteiger partial charge in [0.25, 0.3) is 5.91 Å². The van der Waals surface area contributed by atoms with Gasteiger partial charge in [-0.05, 0) is 35.4 Å². The van der Waals surface area contributed by atoms with Crippen LogP contribution in [0.25, 0.3) is 6.08 Å². The summed E-state index contributed by atoms with van der Waals surface area (Å²) in [4.78, 5) is 25.7. The molecule has 28 heavy (non-hydrogen) atoms. The van der Waals surface area contributed by atoms with E-state index in [9.17, 15) is 19.8 Å². The number of hydrogen-bond donors (Lipinski definition) is 2. The molecule has 1 amide bonds. The minimum absolute atomic E-state index is 0.254. The summed E-state index contributed by atoms with van der Waals surface area (Å²) in [5.41, 5.74) is 1.92. The van der Waals surface area contributed by atoms with Crippen LogP contribution < -0.4 is 4.90 Å². The zero-order valence-electron chi connectivity index (χ0n) is 15.0. The fourth-order valence-corrected chi connectivity index (χ4v) is 2.75. The Labute approximate surface area is 162 Å². The van der Waals surface area contributed by atoms with E-state index < -0.39 is 5.97 Å². The smallest absolute Gasteiger partial charge is 0.339 e. The quantitative estimate of drug-likeness (QED) is 0.630. The number of aromatic hydroxyl groups is 1. The lowest BCUT2D eigenvalue weighted by Crippen LogP contribution is -2.28. The molecule has 0 saturated heterocycles. The van der Waals surface area contributed by atoms with Gasteiger partial charge < -0.3 is 15.1 Å². The van der Waals surface area contributed by atoms with Crippen molar-refractivity contribution >= 4 is 23.6 Å². The predicted octanol–water partition coefficient (Wildman–Crippen LogP) is 4.34. The fourth-order valence-electron chi connectivity index (χ4n) is 2.75. The van der Waals surface area contributed by atoms with E-state index in [-0.39, 0.29) is 23.8 Å². The molecule has 3 rings (SSSR count). The van der Waals surface area contributed by atoms with Crippen LogP contribution in [0.4, 0.5) is 5.69 Å². The van der Waals surface area contributed by atoms with Gasteiger partial charge in [-0.25, -0.2) is 4.79 Å². The molecule has 140 valence electrons. The number of hydrogen-bond acceptors (Lipinski definition) is 3. The van der Waals surface area contributed by atoms with Gasteiger partial charge in [0.2, 0.25) is 0 Å². The number of nitrogens with zero attached hydrogens (tertiary/aromatic N) is 1. The first kappa shape index (κ1) is 18.9. The molecule has 0 bridgehead atoms. The Bertz CT molecular complexity index is 998. The highest BCUT2D eigenvalue weighted by Gasteiger charge is 2.18. The van der Waals surface area contributed by atoms with Crippen LogP contribution in [0.3, 0.4) is 0 Å². The number of carboxylic acid groups (broad SMARTS) is 1. The van der Waals surface area contributed by atoms with Gasteiger partial charge in [-0.15, -0.1) is 0 Å². The van der Waals surface area contributed by atoms with E-state index >= 15 is 0 Å². The summed E-state index contributed by atoms with van der Waals surface area (Å²) in [6.07, 6.45) is 3.16. The maximum Gasteiger partial charge on any atom is 0.339 e. The van der Waals surface area contributed by atoms with E-state index in [1.807, 2.05) is 60.7 Å². The number of amides is 1. The minimum atomic E-state index is -1.26. The van der Waals surface area contributed by atoms with E-state index in [0.717, 1.165) is 11.1 Å². The summed E-state index contributed by atoms with van der Waals surface area (Å²) < 4.78 is 0. The topological polar surface area (TPSA) is 77.8 Å². The van der Waals surface area contributed by atoms with E-state index in [1.54, 1.807) is 6.08 Å². The zero-order chi connectivity index (χ0) is 19.9. The summed E-state index contributed by atoms with van der Waals surface area (Å²) in [5, 5.41) is 19.0. The third-order valence-electron chi connectivity index (χ3n) is 4.19. The number of anilines is 1. The van der Waals surface area contributed by atoms with E-state index in [2.05, 4.69) is 0 Å². The first-order valence-corrected chi connectivity index (χ1v) is 8.69. The van der Waals surface area contributed by atoms with Gasteiger partial charge in [0, 0.05) is 11.8 Å². The Balaban J connectivity index is 1.95. The molecule has 3 aromatic carbocycles. The maximum atomic E-state index is 12.9. The largest absolute Gasteiger partial charge is 0.507 e. The fraction of sp³-hybridized carbons (Fsp3) is 0.0435. The second kappa shape index (κ2) is 8.68. The molecule has 0 unspecified atom stereocenters. The van der Waals surface area contributed by atoms with Crippen LogP contribution in [0.15, 0.2) is 84.9 Å². The first-order chi connectivity index (χ1) is 13.5. The van der Waals surface area contributed by atoms with E-state index in [0.29, 0.717) is 5.69 Å². The molecule has 5 nitrogen and oxygen atoms in total. The highest BCUT2D eigenvalue weighted by atomic mass is 16.4. The standard InChI is InChI=1S/C23H19NO4/c25-21-13-12-19(15-20(21)23(27)28)24(16-18-9-5-2-6-10-18)22(26)14-11-17-7-3-1-4-8-17/h1-15,25H,16H2,(H,27,28). The van der Waals surface area contributed by atoms with Crippen LogP contribution in [-0.4, -0.2) is 22.1 Å². The van der Waals surface area contributed by atoms with Crippen molar-refractivity contribution in [1.82, 2.24) is 0 Å². The Hall–Kier alpha value is -3.86. The molecule has 0 spiro atoms. The van der Waals surface area contributed by atoms with Crippen LogP contribution in [0.5, 0.6) is 5.75 Å². The number of rotatable bonds is 6. The first-order valence-electron chi connectivity index (χ1n) is 8.69. The van der Waals surface area contributed by atoms with Crippen molar-refractivity contribution in [1.29, 1.82) is 0 Å². The van der Waals surface area contributed by atoms with Crippen LogP contribution in [0.1, 0.15) is 21.5 Å². The monoisotopic (exact) mass is 373 g/mol. The Morgan fingerprint density at radius 2 is 1.54 bits per heavy atom. The Morgan fingerprint density at radius 3 is 2.18 bits per heavy atom. The lowest BCUT2D eigenvalue weighted by molar-refractivity contribution is -0.114. The zero-order valence-corrected chi connectivity index (χ0v) is 15.0. The number of carboxylic acids is 1. The molecule has 2 N–H and O–H groups in total. The number of phenols is 1. The van der Waals surface area contributed by atoms with Crippen molar-refractivity contribution in [2.45, 2.75) is 6.54 Å². The highest BCUT2D eigenvalue weighted by Crippen LogP contribution is 2.26. The molecule has 0 aliphatic heterocycles. The number of carbonyl (C=O) groups excluding carboxylic acids is 1. The van der Waals surface area contributed by atoms with E-state index in [4.69, 9.17) is 0 Å². The Morgan fingerprint density at radius 1 is 0.893 bits per heavy atom. The molecule has 0 saturated carbocycles. The minimum Gasteiger partial charge on any atom is -0.507 e. The molecule has 0 aliphatic rings. The molecule has 0 atom stereocenters. The predicted molar refractivity (Wildman–Crippen MR) is 108 cm³/mol. The lowest BCUT2D eigenvalue weighted by Gasteiger charge is -2.22.